The van der Waals surface area contributed by atoms with Crippen molar-refractivity contribution in [3.8, 4) is 0 Å². The van der Waals surface area contributed by atoms with Crippen LogP contribution in [0, 0.1) is 23.5 Å². The van der Waals surface area contributed by atoms with Gasteiger partial charge < -0.3 is 5.73 Å². The van der Waals surface area contributed by atoms with Crippen molar-refractivity contribution in [1.29, 1.82) is 0 Å². The largest absolute Gasteiger partial charge is 0.328 e. The lowest BCUT2D eigenvalue weighted by molar-refractivity contribution is 0.271. The number of nitrogens with zero attached hydrogens (tertiary/aromatic N) is 1. The summed E-state index contributed by atoms with van der Waals surface area (Å²) in [4.78, 5) is -0.190. The summed E-state index contributed by atoms with van der Waals surface area (Å²) >= 11 is 0. The van der Waals surface area contributed by atoms with E-state index in [1.54, 1.807) is 0 Å². The first-order valence-electron chi connectivity index (χ1n) is 7.08. The summed E-state index contributed by atoms with van der Waals surface area (Å²) in [5.74, 6) is -1.59. The fraction of sp³-hybridized carbons (Fsp3) is 0.571. The van der Waals surface area contributed by atoms with Crippen molar-refractivity contribution < 1.29 is 17.2 Å². The lowest BCUT2D eigenvalue weighted by atomic mass is 9.79. The Kier molecular flexibility index (Phi) is 3.75. The number of nitrogens with two attached hydrogens (primary N) is 1. The Balaban J connectivity index is 1.84. The average Bonchev–Trinajstić information content (AvgIpc) is 2.85. The van der Waals surface area contributed by atoms with Gasteiger partial charge in [0.2, 0.25) is 10.0 Å². The van der Waals surface area contributed by atoms with Gasteiger partial charge in [0.1, 0.15) is 0 Å². The lowest BCUT2D eigenvalue weighted by Gasteiger charge is -2.28. The van der Waals surface area contributed by atoms with E-state index in [1.807, 2.05) is 0 Å². The molecule has 2 fully saturated rings. The van der Waals surface area contributed by atoms with Crippen LogP contribution in [0.15, 0.2) is 23.1 Å². The first-order chi connectivity index (χ1) is 9.88. The number of hydrogen-bond donors (Lipinski definition) is 1. The van der Waals surface area contributed by atoms with Crippen LogP contribution in [-0.4, -0.2) is 31.9 Å². The van der Waals surface area contributed by atoms with Gasteiger partial charge in [-0.1, -0.05) is 0 Å². The molecule has 116 valence electrons. The van der Waals surface area contributed by atoms with Crippen LogP contribution >= 0.6 is 0 Å². The molecule has 0 aromatic heterocycles. The van der Waals surface area contributed by atoms with E-state index >= 15 is 0 Å². The zero-order valence-corrected chi connectivity index (χ0v) is 12.3. The summed E-state index contributed by atoms with van der Waals surface area (Å²) < 4.78 is 52.7. The first-order valence-corrected chi connectivity index (χ1v) is 8.52. The molecule has 0 spiro atoms. The Morgan fingerprint density at radius 1 is 1.10 bits per heavy atom. The molecule has 0 amide bonds. The first kappa shape index (κ1) is 14.9. The molecule has 0 bridgehead atoms. The Morgan fingerprint density at radius 3 is 2.52 bits per heavy atom. The van der Waals surface area contributed by atoms with E-state index in [2.05, 4.69) is 0 Å². The van der Waals surface area contributed by atoms with Gasteiger partial charge in [0, 0.05) is 19.1 Å². The highest BCUT2D eigenvalue weighted by Crippen LogP contribution is 2.38. The molecular formula is C14H18F2N2O2S. The molecule has 2 aliphatic rings. The number of hydrogen-bond acceptors (Lipinski definition) is 3. The van der Waals surface area contributed by atoms with Gasteiger partial charge in [-0.25, -0.2) is 17.2 Å². The van der Waals surface area contributed by atoms with Crippen molar-refractivity contribution in [1.82, 2.24) is 4.31 Å². The summed E-state index contributed by atoms with van der Waals surface area (Å²) in [5, 5.41) is 0. The van der Waals surface area contributed by atoms with Gasteiger partial charge in [-0.2, -0.15) is 4.31 Å². The zero-order valence-electron chi connectivity index (χ0n) is 11.5. The van der Waals surface area contributed by atoms with Gasteiger partial charge in [0.25, 0.3) is 0 Å². The number of halogens is 2. The summed E-state index contributed by atoms with van der Waals surface area (Å²) in [7, 11) is -3.77. The average molecular weight is 316 g/mol. The molecule has 21 heavy (non-hydrogen) atoms. The van der Waals surface area contributed by atoms with E-state index in [-0.39, 0.29) is 16.9 Å². The third-order valence-corrected chi connectivity index (χ3v) is 6.41. The van der Waals surface area contributed by atoms with Gasteiger partial charge in [-0.15, -0.1) is 0 Å². The SMILES string of the molecule is NC1CC[C@@H]2CN(S(=O)(=O)c3ccc(F)c(F)c3)C[C@@H]2C1. The molecule has 2 N–H and O–H groups in total. The maximum absolute atomic E-state index is 13.3. The smallest absolute Gasteiger partial charge is 0.243 e. The van der Waals surface area contributed by atoms with Crippen LogP contribution in [0.5, 0.6) is 0 Å². The second-order valence-electron chi connectivity index (χ2n) is 5.99. The minimum Gasteiger partial charge on any atom is -0.328 e. The second kappa shape index (κ2) is 5.30. The summed E-state index contributed by atoms with van der Waals surface area (Å²) in [6.07, 6.45) is 2.67. The number of benzene rings is 1. The van der Waals surface area contributed by atoms with E-state index < -0.39 is 21.7 Å². The van der Waals surface area contributed by atoms with Gasteiger partial charge >= 0.3 is 0 Å². The summed E-state index contributed by atoms with van der Waals surface area (Å²) in [5.41, 5.74) is 5.93. The quantitative estimate of drug-likeness (QED) is 0.903. The van der Waals surface area contributed by atoms with Crippen molar-refractivity contribution in [3.63, 3.8) is 0 Å². The number of sulfonamides is 1. The molecule has 3 rings (SSSR count). The zero-order chi connectivity index (χ0) is 15.2. The van der Waals surface area contributed by atoms with E-state index in [4.69, 9.17) is 5.73 Å². The fourth-order valence-corrected chi connectivity index (χ4v) is 4.97. The van der Waals surface area contributed by atoms with E-state index in [9.17, 15) is 17.2 Å². The van der Waals surface area contributed by atoms with Crippen LogP contribution in [0.3, 0.4) is 0 Å². The topological polar surface area (TPSA) is 63.4 Å². The summed E-state index contributed by atoms with van der Waals surface area (Å²) in [6.45, 7) is 0.860. The highest BCUT2D eigenvalue weighted by atomic mass is 32.2. The van der Waals surface area contributed by atoms with Crippen LogP contribution in [0.1, 0.15) is 19.3 Å². The maximum atomic E-state index is 13.3. The van der Waals surface area contributed by atoms with Gasteiger partial charge in [0.15, 0.2) is 11.6 Å². The van der Waals surface area contributed by atoms with Gasteiger partial charge in [-0.3, -0.25) is 0 Å². The molecule has 1 heterocycles. The maximum Gasteiger partial charge on any atom is 0.243 e. The Bertz CT molecular complexity index is 650. The molecule has 3 atom stereocenters. The summed E-state index contributed by atoms with van der Waals surface area (Å²) in [6, 6.07) is 2.85. The van der Waals surface area contributed by atoms with Gasteiger partial charge in [0.05, 0.1) is 4.90 Å². The molecule has 1 unspecified atom stereocenters. The molecule has 1 saturated carbocycles. The van der Waals surface area contributed by atoms with Crippen molar-refractivity contribution in [2.75, 3.05) is 13.1 Å². The van der Waals surface area contributed by atoms with Gasteiger partial charge in [-0.05, 0) is 49.3 Å². The molecule has 1 aliphatic carbocycles. The standard InChI is InChI=1S/C14H18F2N2O2S/c15-13-4-3-12(6-14(13)16)21(19,20)18-7-9-1-2-11(17)5-10(9)8-18/h3-4,6,9-11H,1-2,5,7-8,17H2/t9-,10+,11?/m1/s1. The Labute approximate surface area is 123 Å². The van der Waals surface area contributed by atoms with Crippen LogP contribution in [0.2, 0.25) is 0 Å². The molecular weight excluding hydrogens is 298 g/mol. The molecule has 4 nitrogen and oxygen atoms in total. The third-order valence-electron chi connectivity index (χ3n) is 4.59. The highest BCUT2D eigenvalue weighted by molar-refractivity contribution is 7.89. The third kappa shape index (κ3) is 2.69. The van der Waals surface area contributed by atoms with E-state index in [0.29, 0.717) is 19.0 Å². The highest BCUT2D eigenvalue weighted by Gasteiger charge is 2.41. The predicted molar refractivity (Wildman–Crippen MR) is 73.9 cm³/mol. The van der Waals surface area contributed by atoms with Crippen molar-refractivity contribution in [2.45, 2.75) is 30.2 Å². The molecule has 7 heteroatoms. The molecule has 1 aromatic rings. The van der Waals surface area contributed by atoms with E-state index in [1.165, 1.54) is 4.31 Å². The minimum absolute atomic E-state index is 0.136. The van der Waals surface area contributed by atoms with Crippen LogP contribution in [0.25, 0.3) is 0 Å². The predicted octanol–water partition coefficient (Wildman–Crippen LogP) is 1.71. The van der Waals surface area contributed by atoms with Crippen molar-refractivity contribution in [2.24, 2.45) is 17.6 Å². The second-order valence-corrected chi connectivity index (χ2v) is 7.93. The fourth-order valence-electron chi connectivity index (χ4n) is 3.41. The van der Waals surface area contributed by atoms with Crippen molar-refractivity contribution >= 4 is 10.0 Å². The molecule has 1 aromatic carbocycles. The van der Waals surface area contributed by atoms with Crippen LogP contribution < -0.4 is 5.73 Å². The Morgan fingerprint density at radius 2 is 1.81 bits per heavy atom. The molecule has 1 saturated heterocycles. The minimum atomic E-state index is -3.77. The number of fused-ring (bicyclic) bond motifs is 1. The Hall–Kier alpha value is -1.05. The monoisotopic (exact) mass is 316 g/mol. The van der Waals surface area contributed by atoms with E-state index in [0.717, 1.165) is 37.5 Å². The molecule has 0 radical (unpaired) electrons. The van der Waals surface area contributed by atoms with Crippen LogP contribution in [-0.2, 0) is 10.0 Å². The number of rotatable bonds is 2. The molecule has 1 aliphatic heterocycles. The van der Waals surface area contributed by atoms with Crippen molar-refractivity contribution in [3.05, 3.63) is 29.8 Å². The normalized spacial score (nSPS) is 30.3. The lowest BCUT2D eigenvalue weighted by Crippen LogP contribution is -2.32. The van der Waals surface area contributed by atoms with Crippen LogP contribution in [0.4, 0.5) is 8.78 Å².